The second-order valence-corrected chi connectivity index (χ2v) is 21.4. The summed E-state index contributed by atoms with van der Waals surface area (Å²) in [5.74, 6) is -2.85. The second-order valence-electron chi connectivity index (χ2n) is 21.4. The molecule has 5 heterocycles. The molecule has 2 atom stereocenters. The predicted octanol–water partition coefficient (Wildman–Crippen LogP) is 11.7. The maximum absolute atomic E-state index is 13.7. The monoisotopic (exact) mass is 1030 g/mol. The van der Waals surface area contributed by atoms with Crippen LogP contribution in [-0.4, -0.2) is 74.0 Å². The van der Waals surface area contributed by atoms with Crippen LogP contribution in [0, 0.1) is 0 Å². The molecule has 5 aromatic rings. The van der Waals surface area contributed by atoms with Gasteiger partial charge in [-0.1, -0.05) is 178 Å². The summed E-state index contributed by atoms with van der Waals surface area (Å²) in [5, 5.41) is 13.3. The van der Waals surface area contributed by atoms with Crippen molar-refractivity contribution < 1.29 is 33.6 Å². The fourth-order valence-corrected chi connectivity index (χ4v) is 11.7. The Labute approximate surface area is 448 Å². The van der Waals surface area contributed by atoms with Crippen LogP contribution >= 0.6 is 0 Å². The number of unbranched alkanes of at least 4 members (excludes halogenated alkanes) is 19. The van der Waals surface area contributed by atoms with Crippen LogP contribution in [-0.2, 0) is 37.6 Å². The first-order chi connectivity index (χ1) is 37.0. The Hall–Kier alpha value is -6.83. The first-order valence-corrected chi connectivity index (χ1v) is 28.7. The molecule has 0 aliphatic carbocycles. The molecule has 2 aromatic heterocycles. The third-order valence-electron chi connectivity index (χ3n) is 15.8. The summed E-state index contributed by atoms with van der Waals surface area (Å²) in [7, 11) is 1.93. The Morgan fingerprint density at radius 1 is 0.592 bits per heavy atom. The van der Waals surface area contributed by atoms with E-state index in [0.29, 0.717) is 45.6 Å². The van der Waals surface area contributed by atoms with Crippen molar-refractivity contribution >= 4 is 80.0 Å². The van der Waals surface area contributed by atoms with Crippen LogP contribution in [0.15, 0.2) is 79.1 Å². The summed E-state index contributed by atoms with van der Waals surface area (Å²) in [6.07, 6.45) is 31.4. The number of fused-ring (bicyclic) bond motifs is 3. The van der Waals surface area contributed by atoms with Crippen molar-refractivity contribution in [2.24, 2.45) is 7.05 Å². The van der Waals surface area contributed by atoms with Gasteiger partial charge in [0.1, 0.15) is 12.6 Å². The maximum atomic E-state index is 13.7. The molecule has 76 heavy (non-hydrogen) atoms. The number of para-hydroxylation sites is 2. The number of imide groups is 3. The van der Waals surface area contributed by atoms with Crippen LogP contribution in [0.1, 0.15) is 199 Å². The van der Waals surface area contributed by atoms with Gasteiger partial charge in [0.2, 0.25) is 17.7 Å². The SMILES string of the molecule is CCCCCCC(CCCCCCCCCCCCCCCCCCCNC(=O)Cn1cc(C2=C(c3cn(C)c4ccccc34)C(=O)NC2=O)c2ccccc21)Nc1cccc2c1C(=O)N(C1CCC(=O)NC1=O)C2=O. The zero-order valence-corrected chi connectivity index (χ0v) is 45.0. The van der Waals surface area contributed by atoms with Crippen molar-refractivity contribution in [1.82, 2.24) is 30.0 Å². The van der Waals surface area contributed by atoms with Crippen molar-refractivity contribution in [2.45, 2.75) is 186 Å². The van der Waals surface area contributed by atoms with Gasteiger partial charge in [-0.25, -0.2) is 0 Å². The topological polar surface area (TPSA) is 181 Å². The predicted molar refractivity (Wildman–Crippen MR) is 300 cm³/mol. The molecule has 3 aliphatic heterocycles. The number of hydrogen-bond acceptors (Lipinski definition) is 8. The molecular weight excluding hydrogens is 955 g/mol. The molecule has 4 N–H and O–H groups in total. The van der Waals surface area contributed by atoms with Crippen molar-refractivity contribution in [3.05, 3.63) is 101 Å². The summed E-state index contributed by atoms with van der Waals surface area (Å²) >= 11 is 0. The van der Waals surface area contributed by atoms with Gasteiger partial charge in [0.15, 0.2) is 0 Å². The van der Waals surface area contributed by atoms with Crippen molar-refractivity contribution in [1.29, 1.82) is 0 Å². The van der Waals surface area contributed by atoms with E-state index in [1.165, 1.54) is 109 Å². The van der Waals surface area contributed by atoms with E-state index in [-0.39, 0.29) is 37.2 Å². The van der Waals surface area contributed by atoms with E-state index in [9.17, 15) is 33.6 Å². The lowest BCUT2D eigenvalue weighted by Crippen LogP contribution is -2.54. The standard InChI is InChI=1S/C62H79N7O7/c1-3-4-5-21-29-43(64-49-34-28-33-46-55(49)62(76)69(61(46)75)52-37-38-53(70)65-58(52)72)30-22-19-17-15-13-11-9-7-6-8-10-12-14-16-18-20-27-39-63-54(71)42-68-41-48(45-32-24-26-36-51(45)68)57-56(59(73)66-60(57)74)47-40-67(2)50-35-25-23-31-44(47)50/h23-26,28,31-36,40-41,43,52,64H,3-22,27,29-30,37-39,42H2,1-2H3,(H,63,71)(H,65,70,72)(H,66,73,74). The highest BCUT2D eigenvalue weighted by Gasteiger charge is 2.46. The third kappa shape index (κ3) is 13.6. The molecule has 2 unspecified atom stereocenters. The largest absolute Gasteiger partial charge is 0.382 e. The van der Waals surface area contributed by atoms with Gasteiger partial charge < -0.3 is 19.8 Å². The number of aromatic nitrogens is 2. The number of carbonyl (C=O) groups is 7. The lowest BCUT2D eigenvalue weighted by atomic mass is 9.95. The van der Waals surface area contributed by atoms with Crippen LogP contribution < -0.4 is 21.3 Å². The van der Waals surface area contributed by atoms with Crippen molar-refractivity contribution in [3.8, 4) is 0 Å². The molecule has 0 bridgehead atoms. The number of amides is 7. The molecule has 3 aromatic carbocycles. The number of nitrogens with one attached hydrogen (secondary N) is 4. The van der Waals surface area contributed by atoms with E-state index in [4.69, 9.17) is 0 Å². The average molecular weight is 1030 g/mol. The highest BCUT2D eigenvalue weighted by atomic mass is 16.2. The summed E-state index contributed by atoms with van der Waals surface area (Å²) in [6.45, 7) is 2.95. The Morgan fingerprint density at radius 2 is 1.13 bits per heavy atom. The molecule has 14 nitrogen and oxygen atoms in total. The van der Waals surface area contributed by atoms with E-state index in [0.717, 1.165) is 65.2 Å². The highest BCUT2D eigenvalue weighted by molar-refractivity contribution is 6.50. The smallest absolute Gasteiger partial charge is 0.264 e. The minimum Gasteiger partial charge on any atom is -0.382 e. The molecule has 404 valence electrons. The summed E-state index contributed by atoms with van der Waals surface area (Å²) in [4.78, 5) is 92.4. The molecule has 7 amide bonds. The molecule has 0 radical (unpaired) electrons. The van der Waals surface area contributed by atoms with Gasteiger partial charge in [0, 0.05) is 77.1 Å². The minimum atomic E-state index is -0.975. The first-order valence-electron chi connectivity index (χ1n) is 28.7. The molecule has 14 heteroatoms. The third-order valence-corrected chi connectivity index (χ3v) is 15.8. The maximum Gasteiger partial charge on any atom is 0.264 e. The fourth-order valence-electron chi connectivity index (χ4n) is 11.7. The Balaban J connectivity index is 0.652. The normalized spacial score (nSPS) is 16.1. The van der Waals surface area contributed by atoms with Crippen molar-refractivity contribution in [3.63, 3.8) is 0 Å². The number of carbonyl (C=O) groups excluding carboxylic acids is 7. The molecule has 1 fully saturated rings. The Kier molecular flexibility index (Phi) is 19.9. The van der Waals surface area contributed by atoms with Crippen LogP contribution in [0.3, 0.4) is 0 Å². The van der Waals surface area contributed by atoms with Crippen LogP contribution in [0.5, 0.6) is 0 Å². The number of piperidine rings is 1. The number of anilines is 1. The van der Waals surface area contributed by atoms with Gasteiger partial charge in [-0.05, 0) is 49.9 Å². The van der Waals surface area contributed by atoms with E-state index >= 15 is 0 Å². The summed E-state index contributed by atoms with van der Waals surface area (Å²) in [6, 6.07) is 20.1. The molecule has 1 saturated heterocycles. The summed E-state index contributed by atoms with van der Waals surface area (Å²) in [5.41, 5.74) is 5.12. The number of nitrogens with zero attached hydrogens (tertiary/aromatic N) is 3. The summed E-state index contributed by atoms with van der Waals surface area (Å²) < 4.78 is 3.84. The van der Waals surface area contributed by atoms with Gasteiger partial charge in [-0.2, -0.15) is 0 Å². The lowest BCUT2D eigenvalue weighted by molar-refractivity contribution is -0.136. The fraction of sp³-hybridized carbons (Fsp3) is 0.500. The number of hydrogen-bond donors (Lipinski definition) is 4. The average Bonchev–Trinajstić information content (AvgIpc) is 4.14. The minimum absolute atomic E-state index is 0.0826. The Morgan fingerprint density at radius 3 is 1.74 bits per heavy atom. The number of rotatable bonds is 32. The number of benzene rings is 3. The van der Waals surface area contributed by atoms with Crippen molar-refractivity contribution in [2.75, 3.05) is 11.9 Å². The second kappa shape index (κ2) is 27.3. The van der Waals surface area contributed by atoms with Crippen LogP contribution in [0.25, 0.3) is 33.0 Å². The molecule has 0 spiro atoms. The zero-order valence-electron chi connectivity index (χ0n) is 45.0. The van der Waals surface area contributed by atoms with Gasteiger partial charge in [0.05, 0.1) is 22.3 Å². The highest BCUT2D eigenvalue weighted by Crippen LogP contribution is 2.39. The molecular formula is C62H79N7O7. The van der Waals surface area contributed by atoms with E-state index < -0.39 is 35.6 Å². The van der Waals surface area contributed by atoms with Crippen LogP contribution in [0.4, 0.5) is 5.69 Å². The lowest BCUT2D eigenvalue weighted by Gasteiger charge is -2.28. The van der Waals surface area contributed by atoms with Gasteiger partial charge in [-0.15, -0.1) is 0 Å². The Bertz CT molecular complexity index is 2930. The zero-order chi connectivity index (χ0) is 53.4. The van der Waals surface area contributed by atoms with Gasteiger partial charge in [0.25, 0.3) is 23.6 Å². The van der Waals surface area contributed by atoms with Crippen LogP contribution in [0.2, 0.25) is 0 Å². The van der Waals surface area contributed by atoms with E-state index in [1.807, 2.05) is 83.2 Å². The number of aryl methyl sites for hydroxylation is 1. The van der Waals surface area contributed by atoms with E-state index in [2.05, 4.69) is 28.2 Å². The molecule has 3 aliphatic rings. The quantitative estimate of drug-likeness (QED) is 0.0243. The molecule has 0 saturated carbocycles. The molecule has 8 rings (SSSR count). The van der Waals surface area contributed by atoms with Gasteiger partial charge in [-0.3, -0.25) is 49.1 Å². The van der Waals surface area contributed by atoms with Gasteiger partial charge >= 0.3 is 0 Å². The van der Waals surface area contributed by atoms with E-state index in [1.54, 1.807) is 12.1 Å². The first kappa shape index (κ1) is 55.4.